The number of hydrogen-bond donors (Lipinski definition) is 0. The molecule has 1 aromatic carbocycles. The second-order valence-electron chi connectivity index (χ2n) is 6.98. The first-order chi connectivity index (χ1) is 12.1. The Hall–Kier alpha value is -1.06. The lowest BCUT2D eigenvalue weighted by Crippen LogP contribution is -2.53. The highest BCUT2D eigenvalue weighted by Crippen LogP contribution is 2.31. The average molecular weight is 365 g/mol. The van der Waals surface area contributed by atoms with Gasteiger partial charge < -0.3 is 4.90 Å². The number of carbonyl (C=O) groups excluding carboxylic acids is 1. The Balaban J connectivity index is 2.40. The molecular formula is C21H33ClN2O. The summed E-state index contributed by atoms with van der Waals surface area (Å²) in [6.07, 6.45) is 7.47. The standard InChI is InChI=1S/C21H33ClN2O/c1-4-10-21(25)24(18-15-13-17(22)14-16-18)20-12-9-7-8-11-19(20)23(5-2)6-3/h13-16,19-20H,4-12H2,1-3H3. The van der Waals surface area contributed by atoms with Gasteiger partial charge in [0.25, 0.3) is 0 Å². The fourth-order valence-electron chi connectivity index (χ4n) is 4.14. The van der Waals surface area contributed by atoms with E-state index in [0.29, 0.717) is 17.5 Å². The van der Waals surface area contributed by atoms with Crippen LogP contribution in [-0.2, 0) is 4.79 Å². The van der Waals surface area contributed by atoms with Crippen LogP contribution in [0.15, 0.2) is 24.3 Å². The summed E-state index contributed by atoms with van der Waals surface area (Å²) in [6, 6.07) is 8.48. The Morgan fingerprint density at radius 1 is 1.00 bits per heavy atom. The van der Waals surface area contributed by atoms with Crippen molar-refractivity contribution in [2.75, 3.05) is 18.0 Å². The van der Waals surface area contributed by atoms with E-state index < -0.39 is 0 Å². The van der Waals surface area contributed by atoms with Crippen LogP contribution < -0.4 is 4.90 Å². The van der Waals surface area contributed by atoms with E-state index >= 15 is 0 Å². The van der Waals surface area contributed by atoms with Crippen LogP contribution in [0.2, 0.25) is 5.02 Å². The van der Waals surface area contributed by atoms with Gasteiger partial charge in [0.15, 0.2) is 0 Å². The maximum atomic E-state index is 13.1. The van der Waals surface area contributed by atoms with Gasteiger partial charge >= 0.3 is 0 Å². The number of hydrogen-bond acceptors (Lipinski definition) is 2. The molecular weight excluding hydrogens is 332 g/mol. The van der Waals surface area contributed by atoms with Gasteiger partial charge in [0.1, 0.15) is 0 Å². The smallest absolute Gasteiger partial charge is 0.227 e. The second-order valence-corrected chi connectivity index (χ2v) is 7.42. The molecule has 1 aliphatic carbocycles. The summed E-state index contributed by atoms with van der Waals surface area (Å²) in [6.45, 7) is 8.60. The number of amides is 1. The van der Waals surface area contributed by atoms with Crippen molar-refractivity contribution < 1.29 is 4.79 Å². The lowest BCUT2D eigenvalue weighted by molar-refractivity contribution is -0.119. The summed E-state index contributed by atoms with van der Waals surface area (Å²) in [5.74, 6) is 0.244. The predicted molar refractivity (Wildman–Crippen MR) is 107 cm³/mol. The molecule has 0 N–H and O–H groups in total. The SMILES string of the molecule is CCCC(=O)N(c1ccc(Cl)cc1)C1CCCCCC1N(CC)CC. The molecule has 0 heterocycles. The molecule has 0 aliphatic heterocycles. The van der Waals surface area contributed by atoms with E-state index in [0.717, 1.165) is 31.6 Å². The molecule has 2 atom stereocenters. The molecule has 1 aromatic rings. The molecule has 3 nitrogen and oxygen atoms in total. The van der Waals surface area contributed by atoms with Gasteiger partial charge in [-0.05, 0) is 56.6 Å². The summed E-state index contributed by atoms with van der Waals surface area (Å²) in [5.41, 5.74) is 0.993. The number of halogens is 1. The van der Waals surface area contributed by atoms with Crippen LogP contribution in [0.25, 0.3) is 0 Å². The zero-order valence-electron chi connectivity index (χ0n) is 16.0. The number of likely N-dealkylation sites (N-methyl/N-ethyl adjacent to an activating group) is 1. The van der Waals surface area contributed by atoms with Gasteiger partial charge in [-0.2, -0.15) is 0 Å². The molecule has 1 amide bonds. The minimum Gasteiger partial charge on any atom is -0.308 e. The number of benzene rings is 1. The van der Waals surface area contributed by atoms with Crippen LogP contribution in [0.1, 0.15) is 65.7 Å². The van der Waals surface area contributed by atoms with Crippen LogP contribution in [-0.4, -0.2) is 36.0 Å². The molecule has 1 saturated carbocycles. The van der Waals surface area contributed by atoms with Gasteiger partial charge in [-0.3, -0.25) is 9.69 Å². The van der Waals surface area contributed by atoms with Crippen molar-refractivity contribution in [3.63, 3.8) is 0 Å². The van der Waals surface area contributed by atoms with Crippen LogP contribution >= 0.6 is 11.6 Å². The Morgan fingerprint density at radius 3 is 2.16 bits per heavy atom. The maximum Gasteiger partial charge on any atom is 0.227 e. The maximum absolute atomic E-state index is 13.1. The van der Waals surface area contributed by atoms with Crippen molar-refractivity contribution in [2.24, 2.45) is 0 Å². The van der Waals surface area contributed by atoms with Crippen molar-refractivity contribution in [3.05, 3.63) is 29.3 Å². The number of anilines is 1. The second kappa shape index (κ2) is 10.2. The lowest BCUT2D eigenvalue weighted by atomic mass is 9.97. The third-order valence-electron chi connectivity index (χ3n) is 5.39. The number of rotatable bonds is 7. The number of carbonyl (C=O) groups is 1. The highest BCUT2D eigenvalue weighted by atomic mass is 35.5. The zero-order chi connectivity index (χ0) is 18.2. The molecule has 4 heteroatoms. The van der Waals surface area contributed by atoms with Gasteiger partial charge in [-0.25, -0.2) is 0 Å². The fourth-order valence-corrected chi connectivity index (χ4v) is 4.27. The third-order valence-corrected chi connectivity index (χ3v) is 5.65. The van der Waals surface area contributed by atoms with E-state index in [-0.39, 0.29) is 11.9 Å². The third kappa shape index (κ3) is 5.21. The fraction of sp³-hybridized carbons (Fsp3) is 0.667. The lowest BCUT2D eigenvalue weighted by Gasteiger charge is -2.41. The summed E-state index contributed by atoms with van der Waals surface area (Å²) in [7, 11) is 0. The van der Waals surface area contributed by atoms with Gasteiger partial charge in [0, 0.05) is 23.2 Å². The minimum atomic E-state index is 0.244. The van der Waals surface area contributed by atoms with E-state index in [1.165, 1.54) is 25.7 Å². The molecule has 0 radical (unpaired) electrons. The normalized spacial score (nSPS) is 21.2. The largest absolute Gasteiger partial charge is 0.308 e. The van der Waals surface area contributed by atoms with Crippen LogP contribution in [0.5, 0.6) is 0 Å². The first-order valence-corrected chi connectivity index (χ1v) is 10.3. The first-order valence-electron chi connectivity index (χ1n) is 9.94. The summed E-state index contributed by atoms with van der Waals surface area (Å²) in [5, 5.41) is 0.716. The monoisotopic (exact) mass is 364 g/mol. The van der Waals surface area contributed by atoms with Crippen LogP contribution in [0.3, 0.4) is 0 Å². The zero-order valence-corrected chi connectivity index (χ0v) is 16.8. The summed E-state index contributed by atoms with van der Waals surface area (Å²) < 4.78 is 0. The van der Waals surface area contributed by atoms with Crippen molar-refractivity contribution in [3.8, 4) is 0 Å². The van der Waals surface area contributed by atoms with Gasteiger partial charge in [-0.15, -0.1) is 0 Å². The molecule has 140 valence electrons. The molecule has 1 fully saturated rings. The van der Waals surface area contributed by atoms with Crippen molar-refractivity contribution in [1.82, 2.24) is 4.90 Å². The van der Waals surface area contributed by atoms with E-state index in [4.69, 9.17) is 11.6 Å². The Morgan fingerprint density at radius 2 is 1.60 bits per heavy atom. The van der Waals surface area contributed by atoms with Crippen LogP contribution in [0, 0.1) is 0 Å². The quantitative estimate of drug-likeness (QED) is 0.595. The van der Waals surface area contributed by atoms with Gasteiger partial charge in [-0.1, -0.05) is 51.6 Å². The topological polar surface area (TPSA) is 23.6 Å². The minimum absolute atomic E-state index is 0.244. The summed E-state index contributed by atoms with van der Waals surface area (Å²) >= 11 is 6.08. The Bertz CT molecular complexity index is 527. The van der Waals surface area contributed by atoms with Crippen LogP contribution in [0.4, 0.5) is 5.69 Å². The Kier molecular flexibility index (Phi) is 8.25. The van der Waals surface area contributed by atoms with Crippen molar-refractivity contribution >= 4 is 23.2 Å². The molecule has 0 aromatic heterocycles. The highest BCUT2D eigenvalue weighted by Gasteiger charge is 2.34. The van der Waals surface area contributed by atoms with Gasteiger partial charge in [0.05, 0.1) is 6.04 Å². The van der Waals surface area contributed by atoms with Crippen molar-refractivity contribution in [1.29, 1.82) is 0 Å². The average Bonchev–Trinajstić information content (AvgIpc) is 2.85. The molecule has 0 spiro atoms. The van der Waals surface area contributed by atoms with E-state index in [1.807, 2.05) is 24.3 Å². The Labute approximate surface area is 158 Å². The first kappa shape index (κ1) is 20.3. The molecule has 0 bridgehead atoms. The van der Waals surface area contributed by atoms with E-state index in [1.54, 1.807) is 0 Å². The molecule has 2 unspecified atom stereocenters. The van der Waals surface area contributed by atoms with Crippen molar-refractivity contribution in [2.45, 2.75) is 77.8 Å². The molecule has 0 saturated heterocycles. The molecule has 1 aliphatic rings. The summed E-state index contributed by atoms with van der Waals surface area (Å²) in [4.78, 5) is 17.7. The molecule has 2 rings (SSSR count). The van der Waals surface area contributed by atoms with E-state index in [9.17, 15) is 4.79 Å². The van der Waals surface area contributed by atoms with Gasteiger partial charge in [0.2, 0.25) is 5.91 Å². The molecule has 25 heavy (non-hydrogen) atoms. The predicted octanol–water partition coefficient (Wildman–Crippen LogP) is 5.52. The van der Waals surface area contributed by atoms with E-state index in [2.05, 4.69) is 30.6 Å². The highest BCUT2D eigenvalue weighted by molar-refractivity contribution is 6.30. The number of nitrogens with zero attached hydrogens (tertiary/aromatic N) is 2.